The van der Waals surface area contributed by atoms with E-state index in [9.17, 15) is 24.3 Å². The first-order valence-electron chi connectivity index (χ1n) is 13.2. The summed E-state index contributed by atoms with van der Waals surface area (Å²) in [4.78, 5) is 62.0. The smallest absolute Gasteiger partial charge is 0.352 e. The number of aromatic nitrogens is 3. The van der Waals surface area contributed by atoms with E-state index in [0.29, 0.717) is 17.7 Å². The lowest BCUT2D eigenvalue weighted by Gasteiger charge is -2.49. The van der Waals surface area contributed by atoms with Gasteiger partial charge < -0.3 is 26.3 Å². The van der Waals surface area contributed by atoms with Gasteiger partial charge >= 0.3 is 5.97 Å². The number of fused-ring (bicyclic) bond motifs is 2. The number of β-lactam (4-membered cyclic amide) rings is 1. The molecule has 0 bridgehead atoms. The molecule has 1 saturated carbocycles. The van der Waals surface area contributed by atoms with Crippen LogP contribution in [0.25, 0.3) is 4.83 Å². The van der Waals surface area contributed by atoms with E-state index in [2.05, 4.69) is 20.8 Å². The number of carboxylic acids is 1. The third-order valence-electron chi connectivity index (χ3n) is 7.33. The Labute approximate surface area is 251 Å². The van der Waals surface area contributed by atoms with Crippen molar-refractivity contribution < 1.29 is 33.7 Å². The number of oxime groups is 1. The predicted octanol–water partition coefficient (Wildman–Crippen LogP) is 0.675. The molecule has 3 aliphatic rings. The van der Waals surface area contributed by atoms with Gasteiger partial charge in [-0.25, -0.2) is 14.3 Å². The maximum Gasteiger partial charge on any atom is 0.352 e. The third kappa shape index (κ3) is 5.22. The molecule has 1 aliphatic carbocycles. The van der Waals surface area contributed by atoms with Crippen molar-refractivity contribution >= 4 is 74.3 Å². The zero-order valence-electron chi connectivity index (χ0n) is 22.1. The van der Waals surface area contributed by atoms with Gasteiger partial charge in [0.25, 0.3) is 17.6 Å². The van der Waals surface area contributed by atoms with Crippen LogP contribution in [0, 0.1) is 0 Å². The Bertz CT molecular complexity index is 1620. The lowest BCUT2D eigenvalue weighted by molar-refractivity contribution is -0.695. The number of nitrogen functional groups attached to an aromatic ring is 1. The molecule has 5 N–H and O–H groups in total. The fourth-order valence-corrected chi connectivity index (χ4v) is 8.01. The SMILES string of the molecule is Nc1nc(/C(=N/OC2CCCC2)C(=O)N[C@@H]2C(=O)N3C(C(=O)O)=C(C[n+]4cc5sccn5c4CNC=O)CS[C@H]23)cs1. The molecule has 6 rings (SSSR count). The minimum Gasteiger partial charge on any atom is -0.477 e. The summed E-state index contributed by atoms with van der Waals surface area (Å²) < 4.78 is 3.80. The zero-order valence-corrected chi connectivity index (χ0v) is 24.5. The Balaban J connectivity index is 1.22. The Hall–Kier alpha value is -3.96. The number of rotatable bonds is 11. The van der Waals surface area contributed by atoms with Crippen molar-refractivity contribution in [1.29, 1.82) is 0 Å². The van der Waals surface area contributed by atoms with E-state index >= 15 is 0 Å². The molecule has 2 aliphatic heterocycles. The number of amides is 3. The number of carboxylic acid groups (broad SMARTS) is 1. The van der Waals surface area contributed by atoms with Gasteiger partial charge in [0.15, 0.2) is 10.8 Å². The Kier molecular flexibility index (Phi) is 7.87. The summed E-state index contributed by atoms with van der Waals surface area (Å²) in [6.07, 6.45) is 8.00. The summed E-state index contributed by atoms with van der Waals surface area (Å²) in [5, 5.41) is 22.8. The van der Waals surface area contributed by atoms with Gasteiger partial charge in [0.2, 0.25) is 11.2 Å². The van der Waals surface area contributed by atoms with Gasteiger partial charge in [-0.3, -0.25) is 19.3 Å². The van der Waals surface area contributed by atoms with Crippen LogP contribution in [0.5, 0.6) is 0 Å². The maximum absolute atomic E-state index is 13.3. The Morgan fingerprint density at radius 3 is 2.83 bits per heavy atom. The second-order valence-electron chi connectivity index (χ2n) is 9.92. The molecule has 0 radical (unpaired) electrons. The average molecular weight is 632 g/mol. The first kappa shape index (κ1) is 28.2. The van der Waals surface area contributed by atoms with Crippen molar-refractivity contribution in [2.24, 2.45) is 5.16 Å². The molecule has 2 atom stereocenters. The summed E-state index contributed by atoms with van der Waals surface area (Å²) in [6, 6.07) is -0.953. The second kappa shape index (κ2) is 11.7. The number of anilines is 1. The molecule has 17 heteroatoms. The van der Waals surface area contributed by atoms with E-state index < -0.39 is 29.2 Å². The number of imidazole rings is 1. The van der Waals surface area contributed by atoms with Gasteiger partial charge in [0.05, 0.1) is 0 Å². The van der Waals surface area contributed by atoms with Gasteiger partial charge in [-0.15, -0.1) is 23.1 Å². The fourth-order valence-electron chi connectivity index (χ4n) is 5.34. The lowest BCUT2D eigenvalue weighted by Crippen LogP contribution is -2.71. The maximum atomic E-state index is 13.3. The summed E-state index contributed by atoms with van der Waals surface area (Å²) in [6.45, 7) is 0.461. The number of hydrogen-bond donors (Lipinski definition) is 4. The molecule has 3 aromatic rings. The molecule has 0 aromatic carbocycles. The molecular formula is C25H27N8O6S3+. The summed E-state index contributed by atoms with van der Waals surface area (Å²) >= 11 is 4.03. The van der Waals surface area contributed by atoms with Crippen molar-refractivity contribution in [3.8, 4) is 0 Å². The van der Waals surface area contributed by atoms with Gasteiger partial charge in [-0.05, 0) is 25.7 Å². The predicted molar refractivity (Wildman–Crippen MR) is 154 cm³/mol. The molecule has 1 saturated heterocycles. The van der Waals surface area contributed by atoms with E-state index in [4.69, 9.17) is 10.6 Å². The highest BCUT2D eigenvalue weighted by atomic mass is 32.2. The van der Waals surface area contributed by atoms with Crippen LogP contribution >= 0.6 is 34.4 Å². The summed E-state index contributed by atoms with van der Waals surface area (Å²) in [5.74, 6) is -1.33. The summed E-state index contributed by atoms with van der Waals surface area (Å²) in [5.41, 5.74) is 6.38. The fraction of sp³-hybridized carbons (Fsp3) is 0.400. The Morgan fingerprint density at radius 1 is 1.31 bits per heavy atom. The first-order chi connectivity index (χ1) is 20.4. The molecule has 3 aromatic heterocycles. The number of thiazole rings is 2. The minimum atomic E-state index is -1.23. The zero-order chi connectivity index (χ0) is 29.4. The quantitative estimate of drug-likeness (QED) is 0.0777. The highest BCUT2D eigenvalue weighted by Crippen LogP contribution is 2.40. The van der Waals surface area contributed by atoms with Crippen molar-refractivity contribution in [3.63, 3.8) is 0 Å². The lowest BCUT2D eigenvalue weighted by atomic mass is 10.0. The Morgan fingerprint density at radius 2 is 2.12 bits per heavy atom. The van der Waals surface area contributed by atoms with Gasteiger partial charge in [0.1, 0.15) is 54.4 Å². The monoisotopic (exact) mass is 631 g/mol. The van der Waals surface area contributed by atoms with E-state index in [1.807, 2.05) is 26.7 Å². The van der Waals surface area contributed by atoms with Crippen LogP contribution in [0.2, 0.25) is 0 Å². The number of carbonyl (C=O) groups excluding carboxylic acids is 3. The van der Waals surface area contributed by atoms with Crippen LogP contribution in [0.3, 0.4) is 0 Å². The minimum absolute atomic E-state index is 0.0851. The van der Waals surface area contributed by atoms with Crippen LogP contribution in [0.4, 0.5) is 5.13 Å². The molecule has 0 spiro atoms. The first-order valence-corrected chi connectivity index (χ1v) is 16.0. The molecule has 5 heterocycles. The number of nitrogens with one attached hydrogen (secondary N) is 2. The number of carbonyl (C=O) groups is 4. The van der Waals surface area contributed by atoms with Crippen LogP contribution in [0.1, 0.15) is 37.2 Å². The third-order valence-corrected chi connectivity index (χ3v) is 10.1. The van der Waals surface area contributed by atoms with E-state index in [1.54, 1.807) is 5.38 Å². The highest BCUT2D eigenvalue weighted by Gasteiger charge is 2.54. The molecule has 14 nitrogen and oxygen atoms in total. The van der Waals surface area contributed by atoms with Gasteiger partial charge in [0, 0.05) is 22.1 Å². The standard InChI is InChI=1S/C25H26N8O6S3/c26-25-28-15(11-42-25)18(30-39-14-3-1-2-4-14)21(35)29-19-22(36)33-20(24(37)38)13(10-41-23(19)33)8-31-9-17-32(5-6-40-17)16(31)7-27-12-34/h5-6,9,11-12,14,19,23H,1-4,7-8,10H2,(H4-,26,27,28,29,34,35,37,38)/p+1/b30-18-/t19-,23-/m1/s1. The summed E-state index contributed by atoms with van der Waals surface area (Å²) in [7, 11) is 0. The molecule has 0 unspecified atom stereocenters. The van der Waals surface area contributed by atoms with Crippen molar-refractivity contribution in [3.05, 3.63) is 45.9 Å². The van der Waals surface area contributed by atoms with Crippen LogP contribution < -0.4 is 20.9 Å². The molecular weight excluding hydrogens is 605 g/mol. The van der Waals surface area contributed by atoms with Crippen LogP contribution in [0.15, 0.2) is 39.6 Å². The van der Waals surface area contributed by atoms with E-state index in [-0.39, 0.29) is 41.4 Å². The number of nitrogens with two attached hydrogens (primary N) is 1. The van der Waals surface area contributed by atoms with Crippen molar-refractivity contribution in [2.75, 3.05) is 11.5 Å². The molecule has 220 valence electrons. The van der Waals surface area contributed by atoms with Gasteiger partial charge in [-0.2, -0.15) is 4.40 Å². The number of nitrogens with zero attached hydrogens (tertiary/aromatic N) is 5. The normalized spacial score (nSPS) is 20.9. The van der Waals surface area contributed by atoms with Crippen molar-refractivity contribution in [1.82, 2.24) is 24.9 Å². The highest BCUT2D eigenvalue weighted by molar-refractivity contribution is 8.00. The number of thioether (sulfide) groups is 1. The molecule has 3 amide bonds. The number of hydrogen-bond acceptors (Lipinski definition) is 11. The van der Waals surface area contributed by atoms with E-state index in [0.717, 1.165) is 47.7 Å². The number of aliphatic carboxylic acids is 1. The topological polar surface area (TPSA) is 185 Å². The van der Waals surface area contributed by atoms with Crippen LogP contribution in [-0.4, -0.2) is 72.6 Å². The van der Waals surface area contributed by atoms with Crippen molar-refractivity contribution in [2.45, 2.75) is 56.3 Å². The molecule has 42 heavy (non-hydrogen) atoms. The van der Waals surface area contributed by atoms with E-state index in [1.165, 1.54) is 28.0 Å². The molecule has 2 fully saturated rings. The largest absolute Gasteiger partial charge is 0.477 e. The van der Waals surface area contributed by atoms with Gasteiger partial charge in [-0.1, -0.05) is 16.5 Å². The average Bonchev–Trinajstić information content (AvgIpc) is 3.78. The second-order valence-corrected chi connectivity index (χ2v) is 12.8. The van der Waals surface area contributed by atoms with Crippen LogP contribution in [-0.2, 0) is 37.1 Å².